The first-order valence-corrected chi connectivity index (χ1v) is 5.56. The molecular formula is C13H16FN3. The van der Waals surface area contributed by atoms with Gasteiger partial charge < -0.3 is 5.73 Å². The molecule has 0 aliphatic rings. The average Bonchev–Trinajstić information content (AvgIpc) is 2.62. The molecule has 0 saturated carbocycles. The van der Waals surface area contributed by atoms with Crippen LogP contribution < -0.4 is 5.73 Å². The number of rotatable bonds is 3. The molecule has 1 unspecified atom stereocenters. The average molecular weight is 233 g/mol. The lowest BCUT2D eigenvalue weighted by molar-refractivity contribution is 0.614. The van der Waals surface area contributed by atoms with Gasteiger partial charge in [-0.25, -0.2) is 4.39 Å². The van der Waals surface area contributed by atoms with Crippen LogP contribution in [-0.4, -0.2) is 9.78 Å². The Morgan fingerprint density at radius 1 is 1.41 bits per heavy atom. The van der Waals surface area contributed by atoms with Crippen molar-refractivity contribution < 1.29 is 4.39 Å². The van der Waals surface area contributed by atoms with Crippen LogP contribution >= 0.6 is 0 Å². The van der Waals surface area contributed by atoms with Crippen LogP contribution in [0.1, 0.15) is 22.9 Å². The monoisotopic (exact) mass is 233 g/mol. The van der Waals surface area contributed by atoms with Gasteiger partial charge in [0.05, 0.1) is 5.69 Å². The highest BCUT2D eigenvalue weighted by Gasteiger charge is 2.10. The van der Waals surface area contributed by atoms with Crippen molar-refractivity contribution in [1.29, 1.82) is 0 Å². The number of hydrogen-bond acceptors (Lipinski definition) is 2. The van der Waals surface area contributed by atoms with Gasteiger partial charge in [0.15, 0.2) is 0 Å². The molecule has 2 N–H and O–H groups in total. The van der Waals surface area contributed by atoms with E-state index in [1.165, 1.54) is 12.1 Å². The molecule has 1 heterocycles. The highest BCUT2D eigenvalue weighted by atomic mass is 19.1. The molecule has 0 aliphatic carbocycles. The first-order valence-electron chi connectivity index (χ1n) is 5.56. The van der Waals surface area contributed by atoms with Crippen LogP contribution in [0.25, 0.3) is 0 Å². The van der Waals surface area contributed by atoms with Crippen LogP contribution in [0.4, 0.5) is 4.39 Å². The molecule has 0 fully saturated rings. The zero-order valence-electron chi connectivity index (χ0n) is 10.0. The van der Waals surface area contributed by atoms with Gasteiger partial charge in [0, 0.05) is 25.7 Å². The van der Waals surface area contributed by atoms with Gasteiger partial charge in [-0.1, -0.05) is 6.07 Å². The lowest BCUT2D eigenvalue weighted by Crippen LogP contribution is -2.14. The molecule has 90 valence electrons. The largest absolute Gasteiger partial charge is 0.324 e. The van der Waals surface area contributed by atoms with E-state index in [1.54, 1.807) is 4.68 Å². The minimum atomic E-state index is -0.239. The molecule has 0 aliphatic heterocycles. The topological polar surface area (TPSA) is 43.8 Å². The minimum Gasteiger partial charge on any atom is -0.324 e. The Balaban J connectivity index is 2.16. The van der Waals surface area contributed by atoms with Crippen molar-refractivity contribution >= 4 is 0 Å². The summed E-state index contributed by atoms with van der Waals surface area (Å²) in [5.41, 5.74) is 8.68. The van der Waals surface area contributed by atoms with E-state index in [9.17, 15) is 4.39 Å². The van der Waals surface area contributed by atoms with Gasteiger partial charge in [0.1, 0.15) is 5.82 Å². The molecular weight excluding hydrogens is 217 g/mol. The fourth-order valence-corrected chi connectivity index (χ4v) is 1.89. The third kappa shape index (κ3) is 2.91. The zero-order valence-corrected chi connectivity index (χ0v) is 10.0. The second-order valence-electron chi connectivity index (χ2n) is 4.35. The standard InChI is InChI=1S/C13H16FN3/c1-9-5-10(7-11(14)6-9)13(15)8-12-3-4-17(2)16-12/h3-7,13H,8,15H2,1-2H3. The molecule has 0 spiro atoms. The summed E-state index contributed by atoms with van der Waals surface area (Å²) >= 11 is 0. The molecule has 1 atom stereocenters. The number of benzene rings is 1. The van der Waals surface area contributed by atoms with Crippen molar-refractivity contribution in [3.8, 4) is 0 Å². The van der Waals surface area contributed by atoms with E-state index in [0.717, 1.165) is 16.8 Å². The molecule has 4 heteroatoms. The molecule has 0 saturated heterocycles. The number of nitrogens with two attached hydrogens (primary N) is 1. The van der Waals surface area contributed by atoms with E-state index in [2.05, 4.69) is 5.10 Å². The maximum Gasteiger partial charge on any atom is 0.123 e. The number of aryl methyl sites for hydroxylation is 2. The fraction of sp³-hybridized carbons (Fsp3) is 0.308. The van der Waals surface area contributed by atoms with E-state index in [1.807, 2.05) is 32.3 Å². The van der Waals surface area contributed by atoms with E-state index in [-0.39, 0.29) is 11.9 Å². The van der Waals surface area contributed by atoms with Crippen molar-refractivity contribution in [2.24, 2.45) is 12.8 Å². The summed E-state index contributed by atoms with van der Waals surface area (Å²) in [5, 5.41) is 4.26. The highest BCUT2D eigenvalue weighted by molar-refractivity contribution is 5.27. The predicted molar refractivity (Wildman–Crippen MR) is 65.0 cm³/mol. The molecule has 1 aromatic carbocycles. The summed E-state index contributed by atoms with van der Waals surface area (Å²) in [6.07, 6.45) is 2.49. The number of halogens is 1. The van der Waals surface area contributed by atoms with Crippen LogP contribution in [0, 0.1) is 12.7 Å². The minimum absolute atomic E-state index is 0.223. The van der Waals surface area contributed by atoms with Gasteiger partial charge in [-0.3, -0.25) is 4.68 Å². The normalized spacial score (nSPS) is 12.7. The third-order valence-electron chi connectivity index (χ3n) is 2.69. The number of nitrogens with zero attached hydrogens (tertiary/aromatic N) is 2. The second-order valence-corrected chi connectivity index (χ2v) is 4.35. The van der Waals surface area contributed by atoms with E-state index in [4.69, 9.17) is 5.73 Å². The Hall–Kier alpha value is -1.68. The number of hydrogen-bond donors (Lipinski definition) is 1. The fourth-order valence-electron chi connectivity index (χ4n) is 1.89. The molecule has 2 aromatic rings. The van der Waals surface area contributed by atoms with Gasteiger partial charge >= 0.3 is 0 Å². The van der Waals surface area contributed by atoms with Crippen LogP contribution in [0.5, 0.6) is 0 Å². The van der Waals surface area contributed by atoms with Gasteiger partial charge in [-0.05, 0) is 36.2 Å². The first-order chi connectivity index (χ1) is 8.04. The lowest BCUT2D eigenvalue weighted by atomic mass is 10.0. The van der Waals surface area contributed by atoms with Crippen molar-refractivity contribution in [3.63, 3.8) is 0 Å². The molecule has 0 radical (unpaired) electrons. The van der Waals surface area contributed by atoms with Crippen molar-refractivity contribution in [2.75, 3.05) is 0 Å². The van der Waals surface area contributed by atoms with Crippen LogP contribution in [-0.2, 0) is 13.5 Å². The van der Waals surface area contributed by atoms with Gasteiger partial charge in [0.2, 0.25) is 0 Å². The summed E-state index contributed by atoms with van der Waals surface area (Å²) < 4.78 is 15.0. The zero-order chi connectivity index (χ0) is 12.4. The quantitative estimate of drug-likeness (QED) is 0.882. The molecule has 17 heavy (non-hydrogen) atoms. The summed E-state index contributed by atoms with van der Waals surface area (Å²) in [5.74, 6) is -0.239. The van der Waals surface area contributed by atoms with Crippen molar-refractivity contribution in [1.82, 2.24) is 9.78 Å². The van der Waals surface area contributed by atoms with E-state index < -0.39 is 0 Å². The number of aromatic nitrogens is 2. The van der Waals surface area contributed by atoms with Crippen molar-refractivity contribution in [2.45, 2.75) is 19.4 Å². The molecule has 2 rings (SSSR count). The second kappa shape index (κ2) is 4.67. The molecule has 1 aromatic heterocycles. The highest BCUT2D eigenvalue weighted by Crippen LogP contribution is 2.18. The van der Waals surface area contributed by atoms with Crippen LogP contribution in [0.2, 0.25) is 0 Å². The smallest absolute Gasteiger partial charge is 0.123 e. The van der Waals surface area contributed by atoms with Crippen molar-refractivity contribution in [3.05, 3.63) is 53.1 Å². The third-order valence-corrected chi connectivity index (χ3v) is 2.69. The van der Waals surface area contributed by atoms with Gasteiger partial charge in [0.25, 0.3) is 0 Å². The first kappa shape index (κ1) is 11.8. The summed E-state index contributed by atoms with van der Waals surface area (Å²) in [7, 11) is 1.86. The molecule has 0 bridgehead atoms. The predicted octanol–water partition coefficient (Wildman–Crippen LogP) is 2.11. The lowest BCUT2D eigenvalue weighted by Gasteiger charge is -2.11. The Kier molecular flexibility index (Phi) is 3.24. The maximum absolute atomic E-state index is 13.3. The summed E-state index contributed by atoms with van der Waals surface area (Å²) in [6, 6.07) is 6.60. The SMILES string of the molecule is Cc1cc(F)cc(C(N)Cc2ccn(C)n2)c1. The van der Waals surface area contributed by atoms with Crippen LogP contribution in [0.3, 0.4) is 0 Å². The van der Waals surface area contributed by atoms with E-state index in [0.29, 0.717) is 6.42 Å². The Morgan fingerprint density at radius 2 is 2.18 bits per heavy atom. The van der Waals surface area contributed by atoms with Gasteiger partial charge in [-0.15, -0.1) is 0 Å². The molecule has 0 amide bonds. The Morgan fingerprint density at radius 3 is 2.76 bits per heavy atom. The summed E-state index contributed by atoms with van der Waals surface area (Å²) in [4.78, 5) is 0. The van der Waals surface area contributed by atoms with Crippen LogP contribution in [0.15, 0.2) is 30.5 Å². The maximum atomic E-state index is 13.3. The molecule has 3 nitrogen and oxygen atoms in total. The Bertz CT molecular complexity index is 499. The van der Waals surface area contributed by atoms with E-state index >= 15 is 0 Å². The Labute approximate surface area is 100 Å². The summed E-state index contributed by atoms with van der Waals surface area (Å²) in [6.45, 7) is 1.86. The van der Waals surface area contributed by atoms with Gasteiger partial charge in [-0.2, -0.15) is 5.10 Å².